The highest BCUT2D eigenvalue weighted by atomic mass is 32.2. The monoisotopic (exact) mass is 364 g/mol. The fraction of sp³-hybridized carbons (Fsp3) is 0.389. The van der Waals surface area contributed by atoms with Gasteiger partial charge in [0.2, 0.25) is 16.0 Å². The number of halogens is 1. The first-order valence-corrected chi connectivity index (χ1v) is 9.76. The number of ether oxygens (including phenoxy) is 1. The molecule has 134 valence electrons. The van der Waals surface area contributed by atoms with E-state index in [-0.39, 0.29) is 12.1 Å². The first-order chi connectivity index (χ1) is 11.9. The second-order valence-electron chi connectivity index (χ2n) is 6.39. The predicted octanol–water partition coefficient (Wildman–Crippen LogP) is 3.05. The molecule has 2 aromatic rings. The molecule has 7 heteroatoms. The lowest BCUT2D eigenvalue weighted by Gasteiger charge is -2.21. The molecule has 0 radical (unpaired) electrons. The van der Waals surface area contributed by atoms with Gasteiger partial charge in [-0.2, -0.15) is 4.39 Å². The molecule has 0 bridgehead atoms. The number of nitrogens with zero attached hydrogens (tertiary/aromatic N) is 1. The van der Waals surface area contributed by atoms with Crippen molar-refractivity contribution in [2.75, 3.05) is 6.61 Å². The highest BCUT2D eigenvalue weighted by molar-refractivity contribution is 7.90. The molecule has 1 aromatic heterocycles. The topological polar surface area (TPSA) is 68.3 Å². The van der Waals surface area contributed by atoms with Gasteiger partial charge in [-0.1, -0.05) is 24.3 Å². The van der Waals surface area contributed by atoms with Crippen LogP contribution in [0.1, 0.15) is 31.9 Å². The van der Waals surface area contributed by atoms with Gasteiger partial charge in [-0.05, 0) is 43.5 Å². The molecule has 2 heterocycles. The highest BCUT2D eigenvalue weighted by Gasteiger charge is 2.33. The molecule has 3 rings (SSSR count). The Morgan fingerprint density at radius 2 is 1.84 bits per heavy atom. The fourth-order valence-electron chi connectivity index (χ4n) is 2.80. The van der Waals surface area contributed by atoms with Crippen molar-refractivity contribution in [2.24, 2.45) is 0 Å². The van der Waals surface area contributed by atoms with E-state index in [9.17, 15) is 12.8 Å². The normalized spacial score (nSPS) is 21.0. The summed E-state index contributed by atoms with van der Waals surface area (Å²) < 4.78 is 45.7. The zero-order valence-electron chi connectivity index (χ0n) is 14.1. The maximum Gasteiger partial charge on any atom is 0.214 e. The fourth-order valence-corrected chi connectivity index (χ4v) is 3.73. The van der Waals surface area contributed by atoms with Crippen LogP contribution < -0.4 is 4.72 Å². The Bertz CT molecular complexity index is 820. The Morgan fingerprint density at radius 3 is 2.44 bits per heavy atom. The molecule has 5 nitrogen and oxygen atoms in total. The number of sulfonamides is 1. The summed E-state index contributed by atoms with van der Waals surface area (Å²) >= 11 is 0. The average Bonchev–Trinajstić information content (AvgIpc) is 3.03. The van der Waals surface area contributed by atoms with Gasteiger partial charge >= 0.3 is 0 Å². The van der Waals surface area contributed by atoms with Crippen LogP contribution in [0.25, 0.3) is 11.1 Å². The maximum atomic E-state index is 12.9. The number of nitrogens with one attached hydrogen (secondary N) is 1. The molecule has 0 aliphatic carbocycles. The number of hydrogen-bond acceptors (Lipinski definition) is 4. The van der Waals surface area contributed by atoms with Crippen molar-refractivity contribution in [2.45, 2.75) is 37.7 Å². The highest BCUT2D eigenvalue weighted by Crippen LogP contribution is 2.31. The molecule has 2 atom stereocenters. The van der Waals surface area contributed by atoms with Gasteiger partial charge in [0.15, 0.2) is 0 Å². The van der Waals surface area contributed by atoms with Crippen LogP contribution in [0.5, 0.6) is 0 Å². The summed E-state index contributed by atoms with van der Waals surface area (Å²) in [7, 11) is -3.35. The molecule has 1 aliphatic rings. The zero-order chi connectivity index (χ0) is 18.0. The van der Waals surface area contributed by atoms with Crippen LogP contribution in [0.15, 0.2) is 42.6 Å². The molecule has 0 saturated carbocycles. The van der Waals surface area contributed by atoms with Crippen LogP contribution >= 0.6 is 0 Å². The van der Waals surface area contributed by atoms with E-state index >= 15 is 0 Å². The smallest absolute Gasteiger partial charge is 0.214 e. The Labute approximate surface area is 147 Å². The van der Waals surface area contributed by atoms with Crippen LogP contribution in [0.3, 0.4) is 0 Å². The van der Waals surface area contributed by atoms with Crippen molar-refractivity contribution in [3.05, 3.63) is 54.1 Å². The quantitative estimate of drug-likeness (QED) is 0.828. The number of rotatable bonds is 5. The van der Waals surface area contributed by atoms with Crippen LogP contribution in [0.2, 0.25) is 0 Å². The third-order valence-electron chi connectivity index (χ3n) is 4.33. The lowest BCUT2D eigenvalue weighted by atomic mass is 9.99. The van der Waals surface area contributed by atoms with Crippen molar-refractivity contribution >= 4 is 10.0 Å². The molecule has 0 unspecified atom stereocenters. The molecule has 0 spiro atoms. The zero-order valence-corrected chi connectivity index (χ0v) is 15.0. The van der Waals surface area contributed by atoms with E-state index in [2.05, 4.69) is 9.71 Å². The molecule has 25 heavy (non-hydrogen) atoms. The van der Waals surface area contributed by atoms with Crippen molar-refractivity contribution in [3.8, 4) is 11.1 Å². The van der Waals surface area contributed by atoms with Crippen LogP contribution in [-0.4, -0.2) is 31.3 Å². The van der Waals surface area contributed by atoms with E-state index in [0.29, 0.717) is 13.0 Å². The van der Waals surface area contributed by atoms with E-state index in [1.807, 2.05) is 24.3 Å². The summed E-state index contributed by atoms with van der Waals surface area (Å²) in [6, 6.07) is 10.3. The first-order valence-electron chi connectivity index (χ1n) is 8.21. The molecule has 1 aromatic carbocycles. The number of benzene rings is 1. The molecule has 1 aliphatic heterocycles. The van der Waals surface area contributed by atoms with Crippen molar-refractivity contribution < 1.29 is 17.5 Å². The van der Waals surface area contributed by atoms with E-state index in [4.69, 9.17) is 4.74 Å². The molecule has 0 amide bonds. The molecule has 1 N–H and O–H groups in total. The van der Waals surface area contributed by atoms with Crippen molar-refractivity contribution in [3.63, 3.8) is 0 Å². The largest absolute Gasteiger partial charge is 0.372 e. The predicted molar refractivity (Wildman–Crippen MR) is 93.9 cm³/mol. The van der Waals surface area contributed by atoms with Gasteiger partial charge in [0.1, 0.15) is 0 Å². The van der Waals surface area contributed by atoms with E-state index in [0.717, 1.165) is 16.7 Å². The molecular weight excluding hydrogens is 343 g/mol. The van der Waals surface area contributed by atoms with Crippen LogP contribution in [-0.2, 0) is 14.8 Å². The summed E-state index contributed by atoms with van der Waals surface area (Å²) in [5.41, 5.74) is 2.64. The Hall–Kier alpha value is -1.83. The van der Waals surface area contributed by atoms with Crippen LogP contribution in [0, 0.1) is 5.95 Å². The SMILES string of the molecule is CC(C)S(=O)(=O)N[C@H]1CCO[C@H]1c1ccc(-c2ccc(F)nc2)cc1. The van der Waals surface area contributed by atoms with Gasteiger partial charge in [0.05, 0.1) is 17.4 Å². The lowest BCUT2D eigenvalue weighted by molar-refractivity contribution is 0.102. The summed E-state index contributed by atoms with van der Waals surface area (Å²) in [6.45, 7) is 3.82. The minimum atomic E-state index is -3.35. The van der Waals surface area contributed by atoms with Gasteiger partial charge in [-0.15, -0.1) is 0 Å². The number of hydrogen-bond donors (Lipinski definition) is 1. The number of aromatic nitrogens is 1. The third-order valence-corrected chi connectivity index (χ3v) is 6.20. The second-order valence-corrected chi connectivity index (χ2v) is 8.66. The Kier molecular flexibility index (Phi) is 5.17. The Morgan fingerprint density at radius 1 is 1.16 bits per heavy atom. The third kappa shape index (κ3) is 4.05. The molecule has 1 fully saturated rings. The second kappa shape index (κ2) is 7.19. The number of pyridine rings is 1. The first kappa shape index (κ1) is 18.0. The van der Waals surface area contributed by atoms with Gasteiger partial charge in [-0.25, -0.2) is 18.1 Å². The van der Waals surface area contributed by atoms with Gasteiger partial charge in [0.25, 0.3) is 0 Å². The Balaban J connectivity index is 1.78. The van der Waals surface area contributed by atoms with E-state index in [1.54, 1.807) is 19.9 Å². The standard InChI is InChI=1S/C18H21FN2O3S/c1-12(2)25(22,23)21-16-9-10-24-18(16)14-5-3-13(4-6-14)15-7-8-17(19)20-11-15/h3-8,11-12,16,18,21H,9-10H2,1-2H3/t16-,18-/m0/s1. The maximum absolute atomic E-state index is 12.9. The summed E-state index contributed by atoms with van der Waals surface area (Å²) in [5.74, 6) is -0.514. The minimum absolute atomic E-state index is 0.272. The van der Waals surface area contributed by atoms with Crippen molar-refractivity contribution in [1.29, 1.82) is 0 Å². The summed E-state index contributed by atoms with van der Waals surface area (Å²) in [6.07, 6.45) is 1.81. The van der Waals surface area contributed by atoms with Gasteiger partial charge in [0, 0.05) is 18.4 Å². The lowest BCUT2D eigenvalue weighted by Crippen LogP contribution is -2.40. The van der Waals surface area contributed by atoms with Crippen LogP contribution in [0.4, 0.5) is 4.39 Å². The minimum Gasteiger partial charge on any atom is -0.372 e. The van der Waals surface area contributed by atoms with Gasteiger partial charge in [-0.3, -0.25) is 0 Å². The van der Waals surface area contributed by atoms with Gasteiger partial charge < -0.3 is 4.74 Å². The van der Waals surface area contributed by atoms with E-state index in [1.165, 1.54) is 12.3 Å². The van der Waals surface area contributed by atoms with Crippen molar-refractivity contribution in [1.82, 2.24) is 9.71 Å². The van der Waals surface area contributed by atoms with E-state index < -0.39 is 21.2 Å². The summed E-state index contributed by atoms with van der Waals surface area (Å²) in [4.78, 5) is 3.66. The molecule has 1 saturated heterocycles. The summed E-state index contributed by atoms with van der Waals surface area (Å²) in [5, 5.41) is -0.484. The molecular formula is C18H21FN2O3S. The average molecular weight is 364 g/mol.